The van der Waals surface area contributed by atoms with E-state index in [2.05, 4.69) is 40.5 Å². The smallest absolute Gasteiger partial charge is 0.223 e. The molecule has 4 heteroatoms. The quantitative estimate of drug-likeness (QED) is 0.922. The lowest BCUT2D eigenvalue weighted by molar-refractivity contribution is -0.126. The average molecular weight is 350 g/mol. The second kappa shape index (κ2) is 7.81. The molecule has 2 aliphatic heterocycles. The summed E-state index contributed by atoms with van der Waals surface area (Å²) >= 11 is 0. The molecule has 1 fully saturated rings. The fourth-order valence-electron chi connectivity index (χ4n) is 3.96. The van der Waals surface area contributed by atoms with Crippen molar-refractivity contribution in [3.8, 4) is 5.75 Å². The molecule has 2 aromatic carbocycles. The van der Waals surface area contributed by atoms with Gasteiger partial charge in [-0.15, -0.1) is 0 Å². The number of benzene rings is 2. The Bertz CT molecular complexity index is 739. The number of ether oxygens (including phenoxy) is 1. The van der Waals surface area contributed by atoms with Crippen molar-refractivity contribution in [1.82, 2.24) is 5.32 Å². The van der Waals surface area contributed by atoms with Crippen LogP contribution in [0.3, 0.4) is 0 Å². The van der Waals surface area contributed by atoms with Crippen molar-refractivity contribution < 1.29 is 9.53 Å². The number of fused-ring (bicyclic) bond motifs is 1. The molecule has 1 atom stereocenters. The zero-order chi connectivity index (χ0) is 17.8. The molecule has 0 aromatic heterocycles. The van der Waals surface area contributed by atoms with Crippen LogP contribution in [0, 0.1) is 5.92 Å². The number of hydrogen-bond acceptors (Lipinski definition) is 3. The number of para-hydroxylation sites is 2. The molecule has 0 unspecified atom stereocenters. The van der Waals surface area contributed by atoms with Gasteiger partial charge in [0.05, 0.1) is 6.61 Å². The number of carbonyl (C=O) groups is 1. The Hall–Kier alpha value is -2.49. The van der Waals surface area contributed by atoms with Crippen molar-refractivity contribution in [2.75, 3.05) is 24.6 Å². The third kappa shape index (κ3) is 3.85. The van der Waals surface area contributed by atoms with Crippen LogP contribution < -0.4 is 15.0 Å². The fourth-order valence-corrected chi connectivity index (χ4v) is 3.96. The lowest BCUT2D eigenvalue weighted by Crippen LogP contribution is -2.46. The molecule has 2 aromatic rings. The Morgan fingerprint density at radius 1 is 0.962 bits per heavy atom. The van der Waals surface area contributed by atoms with Gasteiger partial charge in [0.15, 0.2) is 0 Å². The molecular formula is C22H26N2O2. The van der Waals surface area contributed by atoms with Gasteiger partial charge < -0.3 is 15.0 Å². The van der Waals surface area contributed by atoms with E-state index in [0.717, 1.165) is 50.1 Å². The van der Waals surface area contributed by atoms with Crippen LogP contribution in [0.4, 0.5) is 5.69 Å². The lowest BCUT2D eigenvalue weighted by atomic mass is 9.95. The van der Waals surface area contributed by atoms with Crippen molar-refractivity contribution >= 4 is 11.6 Å². The van der Waals surface area contributed by atoms with Crippen molar-refractivity contribution in [3.63, 3.8) is 0 Å². The molecule has 2 aliphatic rings. The first-order chi connectivity index (χ1) is 12.8. The minimum Gasteiger partial charge on any atom is -0.493 e. The summed E-state index contributed by atoms with van der Waals surface area (Å²) < 4.78 is 5.80. The van der Waals surface area contributed by atoms with Crippen LogP contribution >= 0.6 is 0 Å². The first kappa shape index (κ1) is 17.0. The molecule has 0 saturated carbocycles. The number of nitrogens with one attached hydrogen (secondary N) is 1. The summed E-state index contributed by atoms with van der Waals surface area (Å²) in [5.74, 6) is 1.12. The van der Waals surface area contributed by atoms with Gasteiger partial charge in [0, 0.05) is 30.7 Å². The number of nitrogens with zero attached hydrogens (tertiary/aromatic N) is 1. The van der Waals surface area contributed by atoms with Gasteiger partial charge in [-0.2, -0.15) is 0 Å². The number of rotatable bonds is 3. The third-order valence-electron chi connectivity index (χ3n) is 5.50. The molecule has 136 valence electrons. The van der Waals surface area contributed by atoms with E-state index >= 15 is 0 Å². The van der Waals surface area contributed by atoms with Crippen molar-refractivity contribution in [2.45, 2.75) is 31.7 Å². The summed E-state index contributed by atoms with van der Waals surface area (Å²) in [4.78, 5) is 15.2. The van der Waals surface area contributed by atoms with Gasteiger partial charge in [-0.05, 0) is 49.4 Å². The maximum absolute atomic E-state index is 12.8. The molecule has 0 bridgehead atoms. The van der Waals surface area contributed by atoms with Crippen LogP contribution in [0.15, 0.2) is 54.6 Å². The maximum atomic E-state index is 12.8. The Morgan fingerprint density at radius 2 is 1.69 bits per heavy atom. The summed E-state index contributed by atoms with van der Waals surface area (Å²) in [6.45, 7) is 2.60. The fraction of sp³-hybridized carbons (Fsp3) is 0.409. The monoisotopic (exact) mass is 350 g/mol. The minimum atomic E-state index is 0.00537. The molecular weight excluding hydrogens is 324 g/mol. The molecule has 1 N–H and O–H groups in total. The molecule has 26 heavy (non-hydrogen) atoms. The second-order valence-corrected chi connectivity index (χ2v) is 7.25. The Kier molecular flexibility index (Phi) is 5.09. The molecule has 4 rings (SSSR count). The van der Waals surface area contributed by atoms with E-state index in [1.807, 2.05) is 24.3 Å². The van der Waals surface area contributed by atoms with Crippen LogP contribution in [-0.4, -0.2) is 31.6 Å². The molecule has 0 aliphatic carbocycles. The van der Waals surface area contributed by atoms with E-state index in [1.165, 1.54) is 5.69 Å². The third-order valence-corrected chi connectivity index (χ3v) is 5.50. The zero-order valence-corrected chi connectivity index (χ0v) is 15.1. The zero-order valence-electron chi connectivity index (χ0n) is 15.1. The van der Waals surface area contributed by atoms with Gasteiger partial charge in [0.25, 0.3) is 0 Å². The molecule has 2 heterocycles. The van der Waals surface area contributed by atoms with E-state index in [9.17, 15) is 4.79 Å². The van der Waals surface area contributed by atoms with E-state index in [1.54, 1.807) is 0 Å². The van der Waals surface area contributed by atoms with Crippen LogP contribution in [-0.2, 0) is 11.2 Å². The number of amides is 1. The predicted octanol–water partition coefficient (Wildman–Crippen LogP) is 3.41. The Labute approximate surface area is 155 Å². The molecule has 1 amide bonds. The van der Waals surface area contributed by atoms with Crippen molar-refractivity contribution in [2.24, 2.45) is 5.92 Å². The molecule has 4 nitrogen and oxygen atoms in total. The largest absolute Gasteiger partial charge is 0.493 e. The lowest BCUT2D eigenvalue weighted by Gasteiger charge is -2.34. The number of hydrogen-bond donors (Lipinski definition) is 1. The summed E-state index contributed by atoms with van der Waals surface area (Å²) in [7, 11) is 0. The highest BCUT2D eigenvalue weighted by Crippen LogP contribution is 2.27. The van der Waals surface area contributed by atoms with Gasteiger partial charge >= 0.3 is 0 Å². The first-order valence-electron chi connectivity index (χ1n) is 9.60. The summed E-state index contributed by atoms with van der Waals surface area (Å²) in [6, 6.07) is 18.9. The highest BCUT2D eigenvalue weighted by Gasteiger charge is 2.27. The van der Waals surface area contributed by atoms with Crippen LogP contribution in [0.5, 0.6) is 5.75 Å². The topological polar surface area (TPSA) is 41.6 Å². The summed E-state index contributed by atoms with van der Waals surface area (Å²) in [5, 5.41) is 3.30. The Balaban J connectivity index is 1.32. The SMILES string of the molecule is O=C(NC1CCN(c2ccccc2)CC1)[C@@H]1CCOc2ccccc2C1. The normalized spacial score (nSPS) is 20.6. The highest BCUT2D eigenvalue weighted by atomic mass is 16.5. The number of piperidine rings is 1. The van der Waals surface area contributed by atoms with Crippen molar-refractivity contribution in [3.05, 3.63) is 60.2 Å². The maximum Gasteiger partial charge on any atom is 0.223 e. The van der Waals surface area contributed by atoms with Gasteiger partial charge in [-0.25, -0.2) is 0 Å². The summed E-state index contributed by atoms with van der Waals surface area (Å²) in [5.41, 5.74) is 2.42. The van der Waals surface area contributed by atoms with Crippen molar-refractivity contribution in [1.29, 1.82) is 0 Å². The van der Waals surface area contributed by atoms with Crippen LogP contribution in [0.1, 0.15) is 24.8 Å². The van der Waals surface area contributed by atoms with Gasteiger partial charge in [0.2, 0.25) is 5.91 Å². The van der Waals surface area contributed by atoms with Gasteiger partial charge in [-0.1, -0.05) is 36.4 Å². The molecule has 0 spiro atoms. The second-order valence-electron chi connectivity index (χ2n) is 7.25. The average Bonchev–Trinajstić information content (AvgIpc) is 2.92. The summed E-state index contributed by atoms with van der Waals surface area (Å²) in [6.07, 6.45) is 3.55. The van der Waals surface area contributed by atoms with Crippen LogP contribution in [0.2, 0.25) is 0 Å². The predicted molar refractivity (Wildman–Crippen MR) is 104 cm³/mol. The van der Waals surface area contributed by atoms with E-state index in [-0.39, 0.29) is 17.9 Å². The number of anilines is 1. The standard InChI is InChI=1S/C22H26N2O2/c25-22(18-12-15-26-21-9-5-4-6-17(21)16-18)23-19-10-13-24(14-11-19)20-7-2-1-3-8-20/h1-9,18-19H,10-16H2,(H,23,25)/t18-/m1/s1. The van der Waals surface area contributed by atoms with Crippen LogP contribution in [0.25, 0.3) is 0 Å². The first-order valence-corrected chi connectivity index (χ1v) is 9.60. The van der Waals surface area contributed by atoms with E-state index < -0.39 is 0 Å². The van der Waals surface area contributed by atoms with Gasteiger partial charge in [0.1, 0.15) is 5.75 Å². The van der Waals surface area contributed by atoms with E-state index in [4.69, 9.17) is 4.74 Å². The number of carbonyl (C=O) groups excluding carboxylic acids is 1. The highest BCUT2D eigenvalue weighted by molar-refractivity contribution is 5.79. The molecule has 1 saturated heterocycles. The van der Waals surface area contributed by atoms with Gasteiger partial charge in [-0.3, -0.25) is 4.79 Å². The van der Waals surface area contributed by atoms with E-state index in [0.29, 0.717) is 6.61 Å². The molecule has 0 radical (unpaired) electrons. The Morgan fingerprint density at radius 3 is 2.50 bits per heavy atom. The minimum absolute atomic E-state index is 0.00537.